The van der Waals surface area contributed by atoms with E-state index >= 15 is 0 Å². The highest BCUT2D eigenvalue weighted by Gasteiger charge is 2.45. The number of carbonyl (C=O) groups is 4. The number of amides is 1. The fourth-order valence-electron chi connectivity index (χ4n) is 5.27. The van der Waals surface area contributed by atoms with Crippen molar-refractivity contribution in [2.45, 2.75) is 63.5 Å². The number of nitrogens with one attached hydrogen (secondary N) is 1. The molecule has 1 amide bonds. The monoisotopic (exact) mass is 531 g/mol. The van der Waals surface area contributed by atoms with Crippen molar-refractivity contribution < 1.29 is 33.1 Å². The minimum atomic E-state index is -1.14. The summed E-state index contributed by atoms with van der Waals surface area (Å²) in [7, 11) is 0. The Morgan fingerprint density at radius 1 is 1.19 bits per heavy atom. The van der Waals surface area contributed by atoms with Gasteiger partial charge in [-0.15, -0.1) is 0 Å². The van der Waals surface area contributed by atoms with E-state index in [1.54, 1.807) is 0 Å². The fraction of sp³-hybridized carbons (Fsp3) is 0.423. The van der Waals surface area contributed by atoms with Gasteiger partial charge < -0.3 is 19.8 Å². The summed E-state index contributed by atoms with van der Waals surface area (Å²) in [5, 5.41) is 11.3. The highest BCUT2D eigenvalue weighted by atomic mass is 35.5. The zero-order valence-electron chi connectivity index (χ0n) is 19.8. The minimum Gasteiger partial charge on any atom is -0.481 e. The van der Waals surface area contributed by atoms with Crippen LogP contribution in [0.2, 0.25) is 5.02 Å². The Kier molecular flexibility index (Phi) is 7.46. The molecule has 2 aliphatic rings. The fourth-order valence-corrected chi connectivity index (χ4v) is 5.65. The predicted octanol–water partition coefficient (Wildman–Crippen LogP) is 5.08. The summed E-state index contributed by atoms with van der Waals surface area (Å²) in [5.41, 5.74) is -0.736. The third kappa shape index (κ3) is 5.27. The predicted molar refractivity (Wildman–Crippen MR) is 130 cm³/mol. The molecule has 8 nitrogen and oxygen atoms in total. The number of hydrogen-bond acceptors (Lipinski definition) is 4. The molecule has 1 saturated carbocycles. The lowest BCUT2D eigenvalue weighted by Gasteiger charge is -2.30. The maximum atomic E-state index is 13.6. The molecule has 37 heavy (non-hydrogen) atoms. The summed E-state index contributed by atoms with van der Waals surface area (Å²) in [5.74, 6) is -5.60. The van der Waals surface area contributed by atoms with Crippen molar-refractivity contribution in [1.29, 1.82) is 0 Å². The molecule has 1 aliphatic carbocycles. The Morgan fingerprint density at radius 3 is 2.51 bits per heavy atom. The molecule has 0 unspecified atom stereocenters. The summed E-state index contributed by atoms with van der Waals surface area (Å²) >= 11 is 6.48. The first-order chi connectivity index (χ1) is 17.5. The smallest absolute Gasteiger partial charge is 0.303 e. The molecule has 11 heteroatoms. The molecule has 1 aliphatic heterocycles. The summed E-state index contributed by atoms with van der Waals surface area (Å²) in [6.45, 7) is 8.03. The second-order valence-corrected chi connectivity index (χ2v) is 10.0. The van der Waals surface area contributed by atoms with E-state index in [1.807, 2.05) is 0 Å². The largest absolute Gasteiger partial charge is 0.481 e. The van der Waals surface area contributed by atoms with E-state index in [0.717, 1.165) is 12.1 Å². The van der Waals surface area contributed by atoms with Crippen molar-refractivity contribution in [2.24, 2.45) is 5.92 Å². The third-order valence-corrected chi connectivity index (χ3v) is 7.57. The third-order valence-electron chi connectivity index (χ3n) is 7.21. The van der Waals surface area contributed by atoms with Crippen molar-refractivity contribution in [2.75, 3.05) is 5.32 Å². The van der Waals surface area contributed by atoms with Gasteiger partial charge >= 0.3 is 5.97 Å². The van der Waals surface area contributed by atoms with Crippen LogP contribution in [0, 0.1) is 24.1 Å². The van der Waals surface area contributed by atoms with Crippen LogP contribution in [0.1, 0.15) is 71.5 Å². The maximum absolute atomic E-state index is 13.6. The van der Waals surface area contributed by atoms with Gasteiger partial charge in [0.05, 0.1) is 17.0 Å². The first-order valence-electron chi connectivity index (χ1n) is 11.9. The molecule has 1 fully saturated rings. The summed E-state index contributed by atoms with van der Waals surface area (Å²) in [6.07, 6.45) is 2.31. The average Bonchev–Trinajstić information content (AvgIpc) is 3.41. The quantitative estimate of drug-likeness (QED) is 0.280. The standard InChI is InChI=1S/C26H24ClF2N3O5/c1-30-26(8-6-14(7-9-26)11-20(34)35)13-19(33)24(36)23-22(27)21(18-3-2-10-32(18)23)25(37)31-15-4-5-16(28)17(29)12-15/h4-5,12,14H,2-3,6-11,13H2,(H,31,37)(H,34,35). The van der Waals surface area contributed by atoms with Crippen LogP contribution in [-0.4, -0.2) is 38.7 Å². The second kappa shape index (κ2) is 10.4. The van der Waals surface area contributed by atoms with Crippen LogP contribution in [0.15, 0.2) is 18.2 Å². The van der Waals surface area contributed by atoms with Crippen molar-refractivity contribution in [3.63, 3.8) is 0 Å². The van der Waals surface area contributed by atoms with Crippen LogP contribution in [0.5, 0.6) is 0 Å². The van der Waals surface area contributed by atoms with Gasteiger partial charge in [0, 0.05) is 43.3 Å². The highest BCUT2D eigenvalue weighted by Crippen LogP contribution is 2.40. The average molecular weight is 532 g/mol. The molecule has 0 atom stereocenters. The molecule has 2 aromatic rings. The Morgan fingerprint density at radius 2 is 1.89 bits per heavy atom. The van der Waals surface area contributed by atoms with Crippen LogP contribution in [-0.2, 0) is 22.6 Å². The first kappa shape index (κ1) is 26.5. The number of aromatic nitrogens is 1. The van der Waals surface area contributed by atoms with Gasteiger partial charge in [-0.1, -0.05) is 11.6 Å². The highest BCUT2D eigenvalue weighted by molar-refractivity contribution is 6.48. The Balaban J connectivity index is 1.55. The number of carboxylic acid groups (broad SMARTS) is 1. The van der Waals surface area contributed by atoms with E-state index in [0.29, 0.717) is 50.8 Å². The topological polar surface area (TPSA) is 110 Å². The lowest BCUT2D eigenvalue weighted by Crippen LogP contribution is -2.36. The molecule has 0 bridgehead atoms. The van der Waals surface area contributed by atoms with E-state index in [4.69, 9.17) is 23.3 Å². The van der Waals surface area contributed by atoms with Gasteiger partial charge in [0.1, 0.15) is 5.69 Å². The molecule has 194 valence electrons. The SMILES string of the molecule is [C-]#[N+]C1(CC(=O)C(=O)c2c(Cl)c(C(=O)Nc3ccc(F)c(F)c3)c3n2CCC3)CCC(CC(=O)O)CC1. The van der Waals surface area contributed by atoms with Gasteiger partial charge in [0.15, 0.2) is 11.6 Å². The molecular weight excluding hydrogens is 508 g/mol. The second-order valence-electron chi connectivity index (χ2n) is 9.63. The first-order valence-corrected chi connectivity index (χ1v) is 12.3. The van der Waals surface area contributed by atoms with Crippen LogP contribution in [0.3, 0.4) is 0 Å². The molecular formula is C26H24ClF2N3O5. The van der Waals surface area contributed by atoms with E-state index in [-0.39, 0.29) is 40.7 Å². The number of benzene rings is 1. The minimum absolute atomic E-state index is 0.000587. The number of rotatable bonds is 8. The number of halogens is 3. The number of anilines is 1. The molecule has 2 heterocycles. The summed E-state index contributed by atoms with van der Waals surface area (Å²) in [4.78, 5) is 54.0. The van der Waals surface area contributed by atoms with Crippen molar-refractivity contribution in [3.8, 4) is 0 Å². The van der Waals surface area contributed by atoms with E-state index < -0.39 is 40.6 Å². The lowest BCUT2D eigenvalue weighted by molar-refractivity contribution is -0.138. The number of fused-ring (bicyclic) bond motifs is 1. The van der Waals surface area contributed by atoms with Gasteiger partial charge in [-0.2, -0.15) is 0 Å². The molecule has 4 rings (SSSR count). The van der Waals surface area contributed by atoms with Gasteiger partial charge in [0.25, 0.3) is 5.91 Å². The van der Waals surface area contributed by atoms with E-state index in [1.165, 1.54) is 10.6 Å². The molecule has 1 aromatic heterocycles. The number of ketones is 2. The molecule has 1 aromatic carbocycles. The maximum Gasteiger partial charge on any atom is 0.303 e. The van der Waals surface area contributed by atoms with Crippen LogP contribution >= 0.6 is 11.6 Å². The Hall–Kier alpha value is -3.58. The number of nitrogens with zero attached hydrogens (tertiary/aromatic N) is 2. The number of aliphatic carboxylic acids is 1. The van der Waals surface area contributed by atoms with Gasteiger partial charge in [-0.25, -0.2) is 15.4 Å². The lowest BCUT2D eigenvalue weighted by atomic mass is 9.73. The van der Waals surface area contributed by atoms with Gasteiger partial charge in [-0.3, -0.25) is 19.2 Å². The van der Waals surface area contributed by atoms with Crippen LogP contribution < -0.4 is 5.32 Å². The van der Waals surface area contributed by atoms with Gasteiger partial charge in [-0.05, 0) is 43.7 Å². The van der Waals surface area contributed by atoms with Crippen LogP contribution in [0.25, 0.3) is 4.85 Å². The van der Waals surface area contributed by atoms with E-state index in [2.05, 4.69) is 10.2 Å². The van der Waals surface area contributed by atoms with Crippen molar-refractivity contribution >= 4 is 40.7 Å². The molecule has 0 radical (unpaired) electrons. The Labute approximate surface area is 216 Å². The molecule has 2 N–H and O–H groups in total. The normalized spacial score (nSPS) is 20.6. The number of carbonyl (C=O) groups excluding carboxylic acids is 3. The summed E-state index contributed by atoms with van der Waals surface area (Å²) < 4.78 is 28.3. The van der Waals surface area contributed by atoms with Gasteiger partial charge in [0.2, 0.25) is 17.1 Å². The molecule has 0 spiro atoms. The number of carboxylic acids is 1. The molecule has 0 saturated heterocycles. The number of hydrogen-bond donors (Lipinski definition) is 2. The zero-order chi connectivity index (χ0) is 26.9. The van der Waals surface area contributed by atoms with Crippen LogP contribution in [0.4, 0.5) is 14.5 Å². The number of Topliss-reactive ketones (excluding diaryl/α,β-unsaturated/α-hetero) is 2. The zero-order valence-corrected chi connectivity index (χ0v) is 20.5. The Bertz CT molecular complexity index is 1340. The summed E-state index contributed by atoms with van der Waals surface area (Å²) in [6, 6.07) is 2.87. The van der Waals surface area contributed by atoms with Crippen molar-refractivity contribution in [1.82, 2.24) is 4.57 Å². The van der Waals surface area contributed by atoms with Crippen molar-refractivity contribution in [3.05, 3.63) is 63.2 Å². The van der Waals surface area contributed by atoms with E-state index in [9.17, 15) is 28.0 Å².